The van der Waals surface area contributed by atoms with Crippen LogP contribution >= 0.6 is 0 Å². The first kappa shape index (κ1) is 23.9. The van der Waals surface area contributed by atoms with Gasteiger partial charge >= 0.3 is 0 Å². The van der Waals surface area contributed by atoms with Crippen molar-refractivity contribution in [1.82, 2.24) is 9.62 Å². The third kappa shape index (κ3) is 5.52. The van der Waals surface area contributed by atoms with E-state index in [-0.39, 0.29) is 16.4 Å². The van der Waals surface area contributed by atoms with Crippen molar-refractivity contribution in [2.24, 2.45) is 5.92 Å². The van der Waals surface area contributed by atoms with Gasteiger partial charge in [0.2, 0.25) is 15.9 Å². The Labute approximate surface area is 188 Å². The number of benzene rings is 2. The van der Waals surface area contributed by atoms with Gasteiger partial charge in [-0.3, -0.25) is 9.59 Å². The summed E-state index contributed by atoms with van der Waals surface area (Å²) in [4.78, 5) is 25.5. The van der Waals surface area contributed by atoms with Crippen LogP contribution in [0.5, 0.6) is 0 Å². The van der Waals surface area contributed by atoms with Gasteiger partial charge in [0.15, 0.2) is 0 Å². The lowest BCUT2D eigenvalue weighted by Gasteiger charge is -2.26. The van der Waals surface area contributed by atoms with E-state index < -0.39 is 33.7 Å². The number of carbonyl (C=O) groups is 2. The number of nitrogens with one attached hydrogen (secondary N) is 2. The number of sulfonamides is 1. The molecule has 172 valence electrons. The molecule has 1 atom stereocenters. The van der Waals surface area contributed by atoms with Gasteiger partial charge in [-0.25, -0.2) is 12.8 Å². The molecular formula is C23H28FN3O4S. The minimum atomic E-state index is -3.65. The fourth-order valence-corrected chi connectivity index (χ4v) is 5.17. The number of hydrogen-bond donors (Lipinski definition) is 2. The highest BCUT2D eigenvalue weighted by molar-refractivity contribution is 7.89. The zero-order chi connectivity index (χ0) is 23.3. The van der Waals surface area contributed by atoms with Crippen LogP contribution in [-0.4, -0.2) is 43.7 Å². The Morgan fingerprint density at radius 2 is 1.69 bits per heavy atom. The Morgan fingerprint density at radius 3 is 2.34 bits per heavy atom. The third-order valence-corrected chi connectivity index (χ3v) is 7.30. The molecule has 1 heterocycles. The Kier molecular flexibility index (Phi) is 7.63. The summed E-state index contributed by atoms with van der Waals surface area (Å²) in [6.45, 7) is 4.47. The highest BCUT2D eigenvalue weighted by atomic mass is 32.2. The number of halogens is 1. The van der Waals surface area contributed by atoms with Crippen molar-refractivity contribution < 1.29 is 22.4 Å². The van der Waals surface area contributed by atoms with E-state index in [9.17, 15) is 22.4 Å². The number of rotatable bonds is 7. The molecule has 0 bridgehead atoms. The summed E-state index contributed by atoms with van der Waals surface area (Å²) in [5.74, 6) is -2.18. The number of nitrogens with zero attached hydrogens (tertiary/aromatic N) is 1. The molecule has 0 radical (unpaired) electrons. The van der Waals surface area contributed by atoms with Crippen LogP contribution in [0.1, 0.15) is 43.5 Å². The van der Waals surface area contributed by atoms with Crippen LogP contribution in [-0.2, 0) is 14.8 Å². The number of anilines is 1. The molecule has 0 saturated carbocycles. The number of carbonyl (C=O) groups excluding carboxylic acids is 2. The number of hydrogen-bond acceptors (Lipinski definition) is 4. The van der Waals surface area contributed by atoms with Gasteiger partial charge in [-0.05, 0) is 49.1 Å². The van der Waals surface area contributed by atoms with E-state index in [1.807, 2.05) is 0 Å². The van der Waals surface area contributed by atoms with E-state index in [4.69, 9.17) is 0 Å². The maximum absolute atomic E-state index is 13.9. The van der Waals surface area contributed by atoms with Crippen LogP contribution in [0.25, 0.3) is 0 Å². The number of amides is 2. The van der Waals surface area contributed by atoms with Crippen LogP contribution in [0.15, 0.2) is 53.4 Å². The van der Waals surface area contributed by atoms with E-state index >= 15 is 0 Å². The summed E-state index contributed by atoms with van der Waals surface area (Å²) < 4.78 is 41.2. The summed E-state index contributed by atoms with van der Waals surface area (Å²) in [6.07, 6.45) is 2.66. The Hall–Kier alpha value is -2.78. The van der Waals surface area contributed by atoms with Gasteiger partial charge in [-0.15, -0.1) is 0 Å². The maximum atomic E-state index is 13.9. The predicted molar refractivity (Wildman–Crippen MR) is 120 cm³/mol. The fraction of sp³-hybridized carbons (Fsp3) is 0.391. The molecule has 2 amide bonds. The van der Waals surface area contributed by atoms with Gasteiger partial charge in [0.1, 0.15) is 11.9 Å². The summed E-state index contributed by atoms with van der Waals surface area (Å²) in [5.41, 5.74) is 0.152. The van der Waals surface area contributed by atoms with Crippen molar-refractivity contribution in [2.45, 2.75) is 44.0 Å². The average molecular weight is 462 g/mol. The molecule has 3 rings (SSSR count). The summed E-state index contributed by atoms with van der Waals surface area (Å²) in [7, 11) is -3.65. The second-order valence-electron chi connectivity index (χ2n) is 8.16. The fourth-order valence-electron chi connectivity index (χ4n) is 3.61. The molecule has 1 aliphatic heterocycles. The molecule has 0 spiro atoms. The molecule has 0 aromatic heterocycles. The lowest BCUT2D eigenvalue weighted by Crippen LogP contribution is -2.47. The van der Waals surface area contributed by atoms with Crippen LogP contribution in [0, 0.1) is 11.7 Å². The van der Waals surface area contributed by atoms with Gasteiger partial charge < -0.3 is 10.6 Å². The molecular weight excluding hydrogens is 433 g/mol. The molecule has 2 aromatic rings. The van der Waals surface area contributed by atoms with E-state index in [1.54, 1.807) is 26.0 Å². The first-order chi connectivity index (χ1) is 15.2. The minimum absolute atomic E-state index is 0.105. The Bertz CT molecular complexity index is 1080. The second kappa shape index (κ2) is 10.2. The van der Waals surface area contributed by atoms with Crippen molar-refractivity contribution in [3.63, 3.8) is 0 Å². The molecule has 7 nitrogen and oxygen atoms in total. The zero-order valence-corrected chi connectivity index (χ0v) is 19.0. The Balaban J connectivity index is 1.75. The van der Waals surface area contributed by atoms with E-state index in [1.165, 1.54) is 40.7 Å². The van der Waals surface area contributed by atoms with Gasteiger partial charge in [-0.1, -0.05) is 38.5 Å². The van der Waals surface area contributed by atoms with Crippen molar-refractivity contribution in [2.75, 3.05) is 18.4 Å². The largest absolute Gasteiger partial charge is 0.340 e. The van der Waals surface area contributed by atoms with E-state index in [0.29, 0.717) is 18.8 Å². The summed E-state index contributed by atoms with van der Waals surface area (Å²) >= 11 is 0. The van der Waals surface area contributed by atoms with Gasteiger partial charge in [0, 0.05) is 18.8 Å². The normalized spacial score (nSPS) is 15.9. The maximum Gasteiger partial charge on any atom is 0.254 e. The van der Waals surface area contributed by atoms with Crippen molar-refractivity contribution in [1.29, 1.82) is 0 Å². The second-order valence-corrected chi connectivity index (χ2v) is 10.1. The molecule has 9 heteroatoms. The highest BCUT2D eigenvalue weighted by Crippen LogP contribution is 2.23. The molecule has 0 unspecified atom stereocenters. The molecule has 2 aromatic carbocycles. The van der Waals surface area contributed by atoms with Gasteiger partial charge in [0.25, 0.3) is 5.91 Å². The molecule has 1 saturated heterocycles. The SMILES string of the molecule is CC(C)[C@@H](NC(=O)c1ccccc1F)C(=O)Nc1cccc(S(=O)(=O)N2CCCCC2)c1. The van der Waals surface area contributed by atoms with Crippen molar-refractivity contribution in [3.05, 3.63) is 59.9 Å². The molecule has 0 aliphatic carbocycles. The summed E-state index contributed by atoms with van der Waals surface area (Å²) in [5, 5.41) is 5.25. The van der Waals surface area contributed by atoms with Crippen LogP contribution < -0.4 is 10.6 Å². The molecule has 1 fully saturated rings. The minimum Gasteiger partial charge on any atom is -0.340 e. The molecule has 32 heavy (non-hydrogen) atoms. The zero-order valence-electron chi connectivity index (χ0n) is 18.2. The monoisotopic (exact) mass is 461 g/mol. The van der Waals surface area contributed by atoms with Crippen molar-refractivity contribution >= 4 is 27.5 Å². The lowest BCUT2D eigenvalue weighted by atomic mass is 10.0. The van der Waals surface area contributed by atoms with E-state index in [2.05, 4.69) is 10.6 Å². The van der Waals surface area contributed by atoms with Crippen molar-refractivity contribution in [3.8, 4) is 0 Å². The topological polar surface area (TPSA) is 95.6 Å². The van der Waals surface area contributed by atoms with Crippen LogP contribution in [0.3, 0.4) is 0 Å². The van der Waals surface area contributed by atoms with E-state index in [0.717, 1.165) is 19.3 Å². The first-order valence-electron chi connectivity index (χ1n) is 10.7. The predicted octanol–water partition coefficient (Wildman–Crippen LogP) is 3.39. The standard InChI is InChI=1S/C23H28FN3O4S/c1-16(2)21(26-22(28)19-11-4-5-12-20(19)24)23(29)25-17-9-8-10-18(15-17)32(30,31)27-13-6-3-7-14-27/h4-5,8-12,15-16,21H,3,6-7,13-14H2,1-2H3,(H,25,29)(H,26,28)/t21-/m1/s1. The lowest BCUT2D eigenvalue weighted by molar-refractivity contribution is -0.118. The summed E-state index contributed by atoms with van der Waals surface area (Å²) in [6, 6.07) is 10.7. The van der Waals surface area contributed by atoms with Crippen LogP contribution in [0.2, 0.25) is 0 Å². The third-order valence-electron chi connectivity index (χ3n) is 5.41. The highest BCUT2D eigenvalue weighted by Gasteiger charge is 2.28. The smallest absolute Gasteiger partial charge is 0.254 e. The molecule has 1 aliphatic rings. The molecule has 2 N–H and O–H groups in total. The Morgan fingerprint density at radius 1 is 1.00 bits per heavy atom. The number of piperidine rings is 1. The van der Waals surface area contributed by atoms with Gasteiger partial charge in [-0.2, -0.15) is 4.31 Å². The average Bonchev–Trinajstić information content (AvgIpc) is 2.78. The first-order valence-corrected chi connectivity index (χ1v) is 12.1. The van der Waals surface area contributed by atoms with Crippen LogP contribution in [0.4, 0.5) is 10.1 Å². The quantitative estimate of drug-likeness (QED) is 0.661. The van der Waals surface area contributed by atoms with Gasteiger partial charge in [0.05, 0.1) is 10.5 Å².